The lowest BCUT2D eigenvalue weighted by molar-refractivity contribution is 0.101. The highest BCUT2D eigenvalue weighted by atomic mass is 35.5. The van der Waals surface area contributed by atoms with Crippen molar-refractivity contribution in [2.24, 2.45) is 0 Å². The van der Waals surface area contributed by atoms with Gasteiger partial charge in [0.25, 0.3) is 0 Å². The van der Waals surface area contributed by atoms with E-state index in [-0.39, 0.29) is 5.78 Å². The lowest BCUT2D eigenvalue weighted by atomic mass is 10.0. The van der Waals surface area contributed by atoms with E-state index < -0.39 is 0 Å². The van der Waals surface area contributed by atoms with Gasteiger partial charge >= 0.3 is 0 Å². The van der Waals surface area contributed by atoms with E-state index in [1.54, 1.807) is 13.0 Å². The van der Waals surface area contributed by atoms with Gasteiger partial charge in [-0.05, 0) is 25.5 Å². The van der Waals surface area contributed by atoms with E-state index >= 15 is 0 Å². The molecule has 0 saturated carbocycles. The van der Waals surface area contributed by atoms with E-state index in [0.717, 1.165) is 0 Å². The Morgan fingerprint density at radius 3 is 2.46 bits per heavy atom. The number of carbonyl (C=O) groups excluding carboxylic acids is 1. The van der Waals surface area contributed by atoms with Crippen molar-refractivity contribution in [2.45, 2.75) is 13.8 Å². The summed E-state index contributed by atoms with van der Waals surface area (Å²) in [5, 5.41) is 0.679. The monoisotopic (exact) mass is 217 g/mol. The van der Waals surface area contributed by atoms with E-state index in [2.05, 4.69) is 0 Å². The van der Waals surface area contributed by atoms with Gasteiger partial charge in [0.05, 0.1) is 15.7 Å². The van der Waals surface area contributed by atoms with Crippen molar-refractivity contribution in [1.29, 1.82) is 0 Å². The van der Waals surface area contributed by atoms with Gasteiger partial charge in [-0.25, -0.2) is 0 Å². The summed E-state index contributed by atoms with van der Waals surface area (Å²) in [6.45, 7) is 3.21. The molecule has 1 aromatic carbocycles. The molecule has 0 spiro atoms. The van der Waals surface area contributed by atoms with Gasteiger partial charge in [-0.1, -0.05) is 23.2 Å². The molecule has 0 saturated heterocycles. The lowest BCUT2D eigenvalue weighted by Gasteiger charge is -2.08. The van der Waals surface area contributed by atoms with Crippen LogP contribution in [0.15, 0.2) is 6.07 Å². The summed E-state index contributed by atoms with van der Waals surface area (Å²) >= 11 is 11.6. The van der Waals surface area contributed by atoms with E-state index in [0.29, 0.717) is 26.9 Å². The zero-order valence-corrected chi connectivity index (χ0v) is 8.83. The Morgan fingerprint density at radius 2 is 2.00 bits per heavy atom. The number of rotatable bonds is 1. The smallest absolute Gasteiger partial charge is 0.160 e. The highest BCUT2D eigenvalue weighted by molar-refractivity contribution is 6.40. The third-order valence-electron chi connectivity index (χ3n) is 1.88. The maximum absolute atomic E-state index is 11.1. The fourth-order valence-electron chi connectivity index (χ4n) is 1.10. The van der Waals surface area contributed by atoms with Crippen molar-refractivity contribution in [2.75, 3.05) is 5.73 Å². The second-order valence-corrected chi connectivity index (χ2v) is 3.60. The number of nitrogens with two attached hydrogens (primary N) is 1. The molecule has 0 aromatic heterocycles. The van der Waals surface area contributed by atoms with Crippen molar-refractivity contribution in [3.8, 4) is 0 Å². The summed E-state index contributed by atoms with van der Waals surface area (Å²) in [6, 6.07) is 1.54. The Labute approximate surface area is 86.6 Å². The van der Waals surface area contributed by atoms with Crippen LogP contribution in [0.2, 0.25) is 10.0 Å². The first-order chi connectivity index (χ1) is 5.95. The van der Waals surface area contributed by atoms with Gasteiger partial charge in [0.1, 0.15) is 0 Å². The van der Waals surface area contributed by atoms with Crippen molar-refractivity contribution in [3.05, 3.63) is 27.2 Å². The molecular weight excluding hydrogens is 209 g/mol. The summed E-state index contributed by atoms with van der Waals surface area (Å²) in [4.78, 5) is 11.1. The topological polar surface area (TPSA) is 43.1 Å². The number of Topliss-reactive ketones (excluding diaryl/α,β-unsaturated/α-hetero) is 1. The fourth-order valence-corrected chi connectivity index (χ4v) is 1.56. The minimum Gasteiger partial charge on any atom is -0.396 e. The van der Waals surface area contributed by atoms with Crippen molar-refractivity contribution in [3.63, 3.8) is 0 Å². The third-order valence-corrected chi connectivity index (χ3v) is 2.68. The predicted molar refractivity (Wildman–Crippen MR) is 55.6 cm³/mol. The number of benzene rings is 1. The molecule has 0 atom stereocenters. The molecule has 70 valence electrons. The van der Waals surface area contributed by atoms with Gasteiger partial charge in [-0.3, -0.25) is 4.79 Å². The van der Waals surface area contributed by atoms with Crippen molar-refractivity contribution in [1.82, 2.24) is 0 Å². The second kappa shape index (κ2) is 3.56. The van der Waals surface area contributed by atoms with E-state index in [4.69, 9.17) is 28.9 Å². The largest absolute Gasteiger partial charge is 0.396 e. The van der Waals surface area contributed by atoms with E-state index in [1.165, 1.54) is 6.92 Å². The van der Waals surface area contributed by atoms with Gasteiger partial charge in [0.15, 0.2) is 5.78 Å². The fraction of sp³-hybridized carbons (Fsp3) is 0.222. The summed E-state index contributed by atoms with van der Waals surface area (Å²) in [5.41, 5.74) is 7.10. The highest BCUT2D eigenvalue weighted by Gasteiger charge is 2.12. The highest BCUT2D eigenvalue weighted by Crippen LogP contribution is 2.32. The Morgan fingerprint density at radius 1 is 1.46 bits per heavy atom. The molecular formula is C9H9Cl2NO. The summed E-state index contributed by atoms with van der Waals surface area (Å²) < 4.78 is 0. The predicted octanol–water partition coefficient (Wildman–Crippen LogP) is 3.09. The molecule has 13 heavy (non-hydrogen) atoms. The summed E-state index contributed by atoms with van der Waals surface area (Å²) in [5.74, 6) is -0.0682. The van der Waals surface area contributed by atoms with E-state index in [9.17, 15) is 4.79 Å². The SMILES string of the molecule is CC(=O)c1cc(Cl)c(N)c(Cl)c1C. The molecule has 0 unspecified atom stereocenters. The molecule has 2 nitrogen and oxygen atoms in total. The minimum atomic E-state index is -0.0682. The molecule has 1 aromatic rings. The van der Waals surface area contributed by atoms with Gasteiger partial charge in [0, 0.05) is 5.56 Å². The van der Waals surface area contributed by atoms with Crippen molar-refractivity contribution >= 4 is 34.7 Å². The zero-order valence-electron chi connectivity index (χ0n) is 7.32. The maximum Gasteiger partial charge on any atom is 0.160 e. The molecule has 0 fully saturated rings. The maximum atomic E-state index is 11.1. The van der Waals surface area contributed by atoms with Crippen molar-refractivity contribution < 1.29 is 4.79 Å². The number of carbonyl (C=O) groups is 1. The molecule has 0 amide bonds. The van der Waals surface area contributed by atoms with Crippen LogP contribution in [0.25, 0.3) is 0 Å². The lowest BCUT2D eigenvalue weighted by Crippen LogP contribution is -2.00. The normalized spacial score (nSPS) is 10.2. The van der Waals surface area contributed by atoms with Gasteiger partial charge in [-0.2, -0.15) is 0 Å². The number of anilines is 1. The van der Waals surface area contributed by atoms with Crippen LogP contribution >= 0.6 is 23.2 Å². The third kappa shape index (κ3) is 1.79. The molecule has 0 radical (unpaired) electrons. The Balaban J connectivity index is 3.50. The Bertz CT molecular complexity index is 374. The first-order valence-electron chi connectivity index (χ1n) is 3.70. The van der Waals surface area contributed by atoms with Crippen LogP contribution in [0.1, 0.15) is 22.8 Å². The number of nitrogen functional groups attached to an aromatic ring is 1. The number of ketones is 1. The number of hydrogen-bond acceptors (Lipinski definition) is 2. The van der Waals surface area contributed by atoms with E-state index in [1.807, 2.05) is 0 Å². The molecule has 0 aliphatic heterocycles. The Hall–Kier alpha value is -0.730. The van der Waals surface area contributed by atoms with Gasteiger partial charge in [0.2, 0.25) is 0 Å². The van der Waals surface area contributed by atoms with Crippen LogP contribution < -0.4 is 5.73 Å². The molecule has 0 aliphatic rings. The first kappa shape index (κ1) is 10.4. The number of halogens is 2. The van der Waals surface area contributed by atoms with Crippen LogP contribution in [-0.2, 0) is 0 Å². The summed E-state index contributed by atoms with van der Waals surface area (Å²) in [6.07, 6.45) is 0. The molecule has 1 rings (SSSR count). The molecule has 4 heteroatoms. The van der Waals surface area contributed by atoms with Crippen LogP contribution in [0.5, 0.6) is 0 Å². The standard InChI is InChI=1S/C9H9Cl2NO/c1-4-6(5(2)13)3-7(10)9(12)8(4)11/h3H,12H2,1-2H3. The quantitative estimate of drug-likeness (QED) is 0.581. The van der Waals surface area contributed by atoms with Crippen LogP contribution in [0.3, 0.4) is 0 Å². The molecule has 0 aliphatic carbocycles. The average Bonchev–Trinajstić information content (AvgIpc) is 2.07. The van der Waals surface area contributed by atoms with Crippen LogP contribution in [0, 0.1) is 6.92 Å². The minimum absolute atomic E-state index is 0.0682. The molecule has 2 N–H and O–H groups in total. The average molecular weight is 218 g/mol. The molecule has 0 heterocycles. The van der Waals surface area contributed by atoms with Crippen LogP contribution in [-0.4, -0.2) is 5.78 Å². The van der Waals surface area contributed by atoms with Gasteiger partial charge < -0.3 is 5.73 Å². The zero-order chi connectivity index (χ0) is 10.2. The Kier molecular flexibility index (Phi) is 2.84. The van der Waals surface area contributed by atoms with Gasteiger partial charge in [-0.15, -0.1) is 0 Å². The number of hydrogen-bond donors (Lipinski definition) is 1. The molecule has 0 bridgehead atoms. The first-order valence-corrected chi connectivity index (χ1v) is 4.45. The second-order valence-electron chi connectivity index (χ2n) is 2.81. The van der Waals surface area contributed by atoms with Crippen LogP contribution in [0.4, 0.5) is 5.69 Å². The summed E-state index contributed by atoms with van der Waals surface area (Å²) in [7, 11) is 0.